The van der Waals surface area contributed by atoms with Crippen LogP contribution in [0, 0.1) is 29.2 Å². The largest absolute Gasteiger partial charge is 0.381 e. The van der Waals surface area contributed by atoms with Gasteiger partial charge in [-0.15, -0.1) is 11.8 Å². The molecule has 0 aromatic heterocycles. The summed E-state index contributed by atoms with van der Waals surface area (Å²) in [5, 5.41) is 0.162. The summed E-state index contributed by atoms with van der Waals surface area (Å²) in [6.45, 7) is 4.12. The zero-order valence-corrected chi connectivity index (χ0v) is 20.7. The summed E-state index contributed by atoms with van der Waals surface area (Å²) >= 11 is 7.96. The fourth-order valence-corrected chi connectivity index (χ4v) is 5.31. The molecule has 2 nitrogen and oxygen atoms in total. The summed E-state index contributed by atoms with van der Waals surface area (Å²) in [5.74, 6) is -3.39. The van der Waals surface area contributed by atoms with E-state index in [-0.39, 0.29) is 16.0 Å². The molecule has 0 radical (unpaired) electrons. The summed E-state index contributed by atoms with van der Waals surface area (Å²) in [4.78, 5) is 0. The van der Waals surface area contributed by atoms with Gasteiger partial charge in [0.15, 0.2) is 17.5 Å². The fraction of sp³-hybridized carbons (Fsp3) is 0.333. The van der Waals surface area contributed by atoms with Crippen molar-refractivity contribution in [2.75, 3.05) is 25.6 Å². The molecule has 4 rings (SSSR count). The molecule has 1 heterocycles. The Balaban J connectivity index is 1.45. The first-order valence-electron chi connectivity index (χ1n) is 11.4. The lowest BCUT2D eigenvalue weighted by Crippen LogP contribution is -2.25. The molecule has 0 spiro atoms. The van der Waals surface area contributed by atoms with E-state index in [4.69, 9.17) is 21.1 Å². The van der Waals surface area contributed by atoms with Gasteiger partial charge in [-0.2, -0.15) is 0 Å². The third-order valence-electron chi connectivity index (χ3n) is 5.80. The third kappa shape index (κ3) is 6.20. The lowest BCUT2D eigenvalue weighted by atomic mass is 9.98. The molecule has 1 aliphatic heterocycles. The van der Waals surface area contributed by atoms with E-state index < -0.39 is 23.3 Å². The van der Waals surface area contributed by atoms with Crippen LogP contribution in [0.1, 0.15) is 30.8 Å². The van der Waals surface area contributed by atoms with Gasteiger partial charge in [-0.1, -0.05) is 49.2 Å². The zero-order chi connectivity index (χ0) is 24.9. The van der Waals surface area contributed by atoms with Crippen molar-refractivity contribution in [2.45, 2.75) is 25.2 Å². The maximum absolute atomic E-state index is 15.0. The Hall–Kier alpha value is -2.06. The molecule has 3 aromatic rings. The van der Waals surface area contributed by atoms with E-state index in [1.165, 1.54) is 18.2 Å². The minimum absolute atomic E-state index is 0.0920. The van der Waals surface area contributed by atoms with E-state index >= 15 is 4.39 Å². The highest BCUT2D eigenvalue weighted by atomic mass is 35.5. The normalized spacial score (nSPS) is 18.1. The van der Waals surface area contributed by atoms with Crippen LogP contribution in [0.4, 0.5) is 17.6 Å². The van der Waals surface area contributed by atoms with E-state index in [0.717, 1.165) is 42.9 Å². The van der Waals surface area contributed by atoms with Gasteiger partial charge < -0.3 is 9.47 Å². The molecule has 0 bridgehead atoms. The van der Waals surface area contributed by atoms with Gasteiger partial charge in [0.25, 0.3) is 0 Å². The van der Waals surface area contributed by atoms with Crippen molar-refractivity contribution in [3.05, 3.63) is 82.4 Å². The molecule has 0 saturated carbocycles. The minimum atomic E-state index is -1.54. The number of ether oxygens (including phenoxy) is 2. The van der Waals surface area contributed by atoms with Crippen LogP contribution in [0.3, 0.4) is 0 Å². The van der Waals surface area contributed by atoms with Crippen LogP contribution in [0.15, 0.2) is 48.5 Å². The van der Waals surface area contributed by atoms with Gasteiger partial charge in [0.05, 0.1) is 13.2 Å². The van der Waals surface area contributed by atoms with Crippen molar-refractivity contribution < 1.29 is 27.0 Å². The maximum Gasteiger partial charge on any atom is 0.194 e. The molecule has 8 heteroatoms. The predicted octanol–water partition coefficient (Wildman–Crippen LogP) is 8.43. The molecule has 0 N–H and O–H groups in total. The molecule has 1 saturated heterocycles. The lowest BCUT2D eigenvalue weighted by Gasteiger charge is -2.29. The number of rotatable bonds is 8. The molecule has 2 atom stereocenters. The number of hydrogen-bond acceptors (Lipinski definition) is 3. The molecule has 186 valence electrons. The van der Waals surface area contributed by atoms with E-state index in [1.54, 1.807) is 23.9 Å². The van der Waals surface area contributed by atoms with Crippen molar-refractivity contribution in [3.63, 3.8) is 0 Å². The van der Waals surface area contributed by atoms with Gasteiger partial charge in [-0.3, -0.25) is 0 Å². The van der Waals surface area contributed by atoms with Gasteiger partial charge in [-0.05, 0) is 47.4 Å². The Kier molecular flexibility index (Phi) is 8.76. The number of benzene rings is 3. The Morgan fingerprint density at radius 2 is 1.69 bits per heavy atom. The number of unbranched alkanes of at least 4 members (excludes halogenated alkanes) is 1. The van der Waals surface area contributed by atoms with Crippen LogP contribution in [-0.4, -0.2) is 25.6 Å². The molecule has 0 amide bonds. The average molecular weight is 525 g/mol. The third-order valence-corrected chi connectivity index (χ3v) is 7.49. The van der Waals surface area contributed by atoms with Gasteiger partial charge in [-0.25, -0.2) is 17.6 Å². The van der Waals surface area contributed by atoms with E-state index in [9.17, 15) is 13.2 Å². The molecule has 0 aliphatic carbocycles. The average Bonchev–Trinajstić information content (AvgIpc) is 2.85. The molecule has 3 aromatic carbocycles. The van der Waals surface area contributed by atoms with Crippen LogP contribution >= 0.6 is 23.4 Å². The highest BCUT2D eigenvalue weighted by Gasteiger charge is 2.24. The lowest BCUT2D eigenvalue weighted by molar-refractivity contribution is 0.0285. The fourth-order valence-electron chi connectivity index (χ4n) is 3.87. The second kappa shape index (κ2) is 11.8. The van der Waals surface area contributed by atoms with Crippen LogP contribution in [0.25, 0.3) is 22.3 Å². The Morgan fingerprint density at radius 1 is 0.943 bits per heavy atom. The molecule has 35 heavy (non-hydrogen) atoms. The van der Waals surface area contributed by atoms with Crippen molar-refractivity contribution in [2.24, 2.45) is 5.92 Å². The first kappa shape index (κ1) is 26.0. The monoisotopic (exact) mass is 524 g/mol. The second-order valence-electron chi connectivity index (χ2n) is 8.48. The summed E-state index contributed by atoms with van der Waals surface area (Å²) in [6.07, 6.45) is 2.15. The SMILES string of the molecule is CCCCOCC1COC(c2ccc(-c3ccc(-c4cc(F)c(F)c(F)c4)c(Cl)c3)c(F)c2)SC1. The van der Waals surface area contributed by atoms with Gasteiger partial charge in [0, 0.05) is 34.4 Å². The van der Waals surface area contributed by atoms with Crippen molar-refractivity contribution in [1.29, 1.82) is 0 Å². The molecular weight excluding hydrogens is 500 g/mol. The minimum Gasteiger partial charge on any atom is -0.381 e. The van der Waals surface area contributed by atoms with Crippen molar-refractivity contribution in [3.8, 4) is 22.3 Å². The first-order valence-corrected chi connectivity index (χ1v) is 12.8. The van der Waals surface area contributed by atoms with Gasteiger partial charge >= 0.3 is 0 Å². The van der Waals surface area contributed by atoms with Crippen LogP contribution in [-0.2, 0) is 9.47 Å². The van der Waals surface area contributed by atoms with Crippen LogP contribution in [0.5, 0.6) is 0 Å². The second-order valence-corrected chi connectivity index (χ2v) is 9.98. The van der Waals surface area contributed by atoms with Crippen molar-refractivity contribution >= 4 is 23.4 Å². The number of halogens is 5. The Morgan fingerprint density at radius 3 is 2.31 bits per heavy atom. The molecule has 2 unspecified atom stereocenters. The van der Waals surface area contributed by atoms with E-state index in [0.29, 0.717) is 35.8 Å². The highest BCUT2D eigenvalue weighted by Crippen LogP contribution is 2.39. The summed E-state index contributed by atoms with van der Waals surface area (Å²) < 4.78 is 67.2. The number of hydrogen-bond donors (Lipinski definition) is 0. The topological polar surface area (TPSA) is 18.5 Å². The zero-order valence-electron chi connectivity index (χ0n) is 19.1. The Labute approximate surface area is 211 Å². The van der Waals surface area contributed by atoms with Crippen LogP contribution in [0.2, 0.25) is 5.02 Å². The quantitative estimate of drug-likeness (QED) is 0.167. The van der Waals surface area contributed by atoms with Gasteiger partial charge in [0.1, 0.15) is 11.3 Å². The molecule has 1 aliphatic rings. The Bertz CT molecular complexity index is 1160. The summed E-state index contributed by atoms with van der Waals surface area (Å²) in [5.41, 5.74) is 1.73. The predicted molar refractivity (Wildman–Crippen MR) is 133 cm³/mol. The highest BCUT2D eigenvalue weighted by molar-refractivity contribution is 7.99. The van der Waals surface area contributed by atoms with Crippen LogP contribution < -0.4 is 0 Å². The van der Waals surface area contributed by atoms with Gasteiger partial charge in [0.2, 0.25) is 0 Å². The smallest absolute Gasteiger partial charge is 0.194 e. The summed E-state index contributed by atoms with van der Waals surface area (Å²) in [7, 11) is 0. The summed E-state index contributed by atoms with van der Waals surface area (Å²) in [6, 6.07) is 11.3. The van der Waals surface area contributed by atoms with E-state index in [1.807, 2.05) is 6.07 Å². The van der Waals surface area contributed by atoms with E-state index in [2.05, 4.69) is 6.92 Å². The molecular formula is C27H25ClF4O2S. The standard InChI is InChI=1S/C27H25ClF4O2S/c1-2-3-8-33-13-16-14-34-27(35-15-16)18-5-7-21(23(29)10-18)17-4-6-20(22(28)9-17)19-11-24(30)26(32)25(31)12-19/h4-7,9-12,16,27H,2-3,8,13-15H2,1H3. The van der Waals surface area contributed by atoms with Crippen molar-refractivity contribution in [1.82, 2.24) is 0 Å². The maximum atomic E-state index is 15.0. The molecule has 1 fully saturated rings. The first-order chi connectivity index (χ1) is 16.9. The number of thioether (sulfide) groups is 1.